The Morgan fingerprint density at radius 2 is 2.19 bits per heavy atom. The van der Waals surface area contributed by atoms with Crippen molar-refractivity contribution in [1.82, 2.24) is 9.47 Å². The van der Waals surface area contributed by atoms with Crippen molar-refractivity contribution in [2.75, 3.05) is 19.8 Å². The lowest BCUT2D eigenvalue weighted by Crippen LogP contribution is -2.52. The highest BCUT2D eigenvalue weighted by Gasteiger charge is 2.32. The molecule has 2 atom stereocenters. The molecule has 21 heavy (non-hydrogen) atoms. The van der Waals surface area contributed by atoms with Crippen LogP contribution >= 0.6 is 0 Å². The zero-order chi connectivity index (χ0) is 14.8. The number of aliphatic hydroxyl groups excluding tert-OH is 1. The summed E-state index contributed by atoms with van der Waals surface area (Å²) in [5.74, 6) is 0.0566. The third kappa shape index (κ3) is 2.85. The minimum atomic E-state index is -0.264. The lowest BCUT2D eigenvalue weighted by molar-refractivity contribution is -0.0670. The molecule has 1 amide bonds. The van der Waals surface area contributed by atoms with Crippen LogP contribution in [0.4, 0.5) is 0 Å². The molecule has 1 saturated carbocycles. The van der Waals surface area contributed by atoms with E-state index in [1.54, 1.807) is 0 Å². The molecule has 0 bridgehead atoms. The average Bonchev–Trinajstić information content (AvgIpc) is 3.17. The molecule has 5 nitrogen and oxygen atoms in total. The number of amides is 1. The van der Waals surface area contributed by atoms with E-state index < -0.39 is 0 Å². The molecule has 0 aromatic carbocycles. The SMILES string of the molecule is CC1COC(CO)CN1C(=O)c1cccn1C1CCCC1. The highest BCUT2D eigenvalue weighted by atomic mass is 16.5. The summed E-state index contributed by atoms with van der Waals surface area (Å²) >= 11 is 0. The van der Waals surface area contributed by atoms with Crippen molar-refractivity contribution >= 4 is 5.91 Å². The molecule has 1 aromatic heterocycles. The summed E-state index contributed by atoms with van der Waals surface area (Å²) in [4.78, 5) is 14.7. The summed E-state index contributed by atoms with van der Waals surface area (Å²) in [6, 6.07) is 4.38. The number of hydrogen-bond donors (Lipinski definition) is 1. The summed E-state index contributed by atoms with van der Waals surface area (Å²) in [6.07, 6.45) is 6.58. The predicted octanol–water partition coefficient (Wildman–Crippen LogP) is 1.82. The van der Waals surface area contributed by atoms with Crippen molar-refractivity contribution < 1.29 is 14.6 Å². The number of carbonyl (C=O) groups is 1. The van der Waals surface area contributed by atoms with Gasteiger partial charge in [0.2, 0.25) is 0 Å². The minimum Gasteiger partial charge on any atom is -0.394 e. The zero-order valence-electron chi connectivity index (χ0n) is 12.6. The molecule has 5 heteroatoms. The Bertz CT molecular complexity index is 493. The number of aromatic nitrogens is 1. The molecule has 1 aliphatic carbocycles. The summed E-state index contributed by atoms with van der Waals surface area (Å²) in [5.41, 5.74) is 0.771. The second-order valence-electron chi connectivity index (χ2n) is 6.18. The normalized spacial score (nSPS) is 27.2. The number of ether oxygens (including phenoxy) is 1. The fourth-order valence-electron chi connectivity index (χ4n) is 3.43. The Morgan fingerprint density at radius 3 is 2.90 bits per heavy atom. The molecular weight excluding hydrogens is 268 g/mol. The maximum Gasteiger partial charge on any atom is 0.270 e. The zero-order valence-corrected chi connectivity index (χ0v) is 12.6. The van der Waals surface area contributed by atoms with Gasteiger partial charge < -0.3 is 19.3 Å². The Kier molecular flexibility index (Phi) is 4.31. The van der Waals surface area contributed by atoms with Gasteiger partial charge in [0.25, 0.3) is 5.91 Å². The monoisotopic (exact) mass is 292 g/mol. The molecule has 2 unspecified atom stereocenters. The van der Waals surface area contributed by atoms with E-state index in [1.807, 2.05) is 30.2 Å². The van der Waals surface area contributed by atoms with Gasteiger partial charge >= 0.3 is 0 Å². The standard InChI is InChI=1S/C16H24N2O3/c1-12-11-21-14(10-19)9-18(12)16(20)15-7-4-8-17(15)13-5-2-3-6-13/h4,7-8,12-14,19H,2-3,5-6,9-11H2,1H3. The first-order chi connectivity index (χ1) is 10.2. The quantitative estimate of drug-likeness (QED) is 0.924. The van der Waals surface area contributed by atoms with E-state index in [-0.39, 0.29) is 24.7 Å². The maximum atomic E-state index is 12.9. The van der Waals surface area contributed by atoms with Crippen LogP contribution in [0.15, 0.2) is 18.3 Å². The highest BCUT2D eigenvalue weighted by Crippen LogP contribution is 2.31. The van der Waals surface area contributed by atoms with Gasteiger partial charge in [0.1, 0.15) is 5.69 Å². The van der Waals surface area contributed by atoms with Gasteiger partial charge in [0, 0.05) is 18.8 Å². The van der Waals surface area contributed by atoms with Crippen LogP contribution in [0.1, 0.15) is 49.1 Å². The first kappa shape index (κ1) is 14.6. The second-order valence-corrected chi connectivity index (χ2v) is 6.18. The number of carbonyl (C=O) groups excluding carboxylic acids is 1. The minimum absolute atomic E-state index is 0.0415. The van der Waals surface area contributed by atoms with Crippen molar-refractivity contribution in [3.05, 3.63) is 24.0 Å². The molecule has 2 aliphatic rings. The number of hydrogen-bond acceptors (Lipinski definition) is 3. The fourth-order valence-corrected chi connectivity index (χ4v) is 3.43. The van der Waals surface area contributed by atoms with Crippen LogP contribution in [0.5, 0.6) is 0 Å². The Morgan fingerprint density at radius 1 is 1.43 bits per heavy atom. The summed E-state index contributed by atoms with van der Waals surface area (Å²) in [6.45, 7) is 2.90. The van der Waals surface area contributed by atoms with E-state index in [0.717, 1.165) is 18.5 Å². The molecule has 0 spiro atoms. The van der Waals surface area contributed by atoms with Crippen molar-refractivity contribution in [1.29, 1.82) is 0 Å². The average molecular weight is 292 g/mol. The van der Waals surface area contributed by atoms with Crippen LogP contribution in [0.25, 0.3) is 0 Å². The summed E-state index contributed by atoms with van der Waals surface area (Å²) in [7, 11) is 0. The third-order valence-electron chi connectivity index (χ3n) is 4.69. The maximum absolute atomic E-state index is 12.9. The lowest BCUT2D eigenvalue weighted by Gasteiger charge is -2.37. The molecule has 1 N–H and O–H groups in total. The van der Waals surface area contributed by atoms with Crippen LogP contribution in [0.2, 0.25) is 0 Å². The van der Waals surface area contributed by atoms with E-state index in [9.17, 15) is 9.90 Å². The van der Waals surface area contributed by atoms with Crippen LogP contribution < -0.4 is 0 Å². The number of morpholine rings is 1. The molecular formula is C16H24N2O3. The van der Waals surface area contributed by atoms with Crippen molar-refractivity contribution in [3.8, 4) is 0 Å². The second kappa shape index (κ2) is 6.20. The number of aliphatic hydroxyl groups is 1. The van der Waals surface area contributed by atoms with Gasteiger partial charge in [0.15, 0.2) is 0 Å². The van der Waals surface area contributed by atoms with Crippen molar-refractivity contribution in [2.45, 2.75) is 50.8 Å². The number of nitrogens with zero attached hydrogens (tertiary/aromatic N) is 2. The van der Waals surface area contributed by atoms with Crippen LogP contribution in [-0.4, -0.2) is 52.4 Å². The van der Waals surface area contributed by atoms with E-state index >= 15 is 0 Å². The predicted molar refractivity (Wildman–Crippen MR) is 79.3 cm³/mol. The van der Waals surface area contributed by atoms with Gasteiger partial charge in [-0.1, -0.05) is 12.8 Å². The number of rotatable bonds is 3. The topological polar surface area (TPSA) is 54.7 Å². The first-order valence-corrected chi connectivity index (χ1v) is 7.91. The van der Waals surface area contributed by atoms with Gasteiger partial charge in [-0.15, -0.1) is 0 Å². The van der Waals surface area contributed by atoms with Crippen LogP contribution in [-0.2, 0) is 4.74 Å². The lowest BCUT2D eigenvalue weighted by atomic mass is 10.1. The van der Waals surface area contributed by atoms with E-state index in [4.69, 9.17) is 4.74 Å². The van der Waals surface area contributed by atoms with Crippen molar-refractivity contribution in [3.63, 3.8) is 0 Å². The molecule has 1 aliphatic heterocycles. The molecule has 1 aromatic rings. The summed E-state index contributed by atoms with van der Waals surface area (Å²) < 4.78 is 7.66. The largest absolute Gasteiger partial charge is 0.394 e. The van der Waals surface area contributed by atoms with Gasteiger partial charge in [-0.3, -0.25) is 4.79 Å². The fraction of sp³-hybridized carbons (Fsp3) is 0.688. The van der Waals surface area contributed by atoms with Crippen LogP contribution in [0, 0.1) is 0 Å². The molecule has 3 rings (SSSR count). The molecule has 116 valence electrons. The van der Waals surface area contributed by atoms with Gasteiger partial charge in [0.05, 0.1) is 25.4 Å². The Balaban J connectivity index is 1.79. The smallest absolute Gasteiger partial charge is 0.270 e. The first-order valence-electron chi connectivity index (χ1n) is 7.91. The van der Waals surface area contributed by atoms with Crippen molar-refractivity contribution in [2.24, 2.45) is 0 Å². The van der Waals surface area contributed by atoms with E-state index in [0.29, 0.717) is 19.2 Å². The molecule has 1 saturated heterocycles. The molecule has 2 fully saturated rings. The van der Waals surface area contributed by atoms with E-state index in [2.05, 4.69) is 4.57 Å². The Hall–Kier alpha value is -1.33. The molecule has 2 heterocycles. The van der Waals surface area contributed by atoms with Gasteiger partial charge in [-0.25, -0.2) is 0 Å². The highest BCUT2D eigenvalue weighted by molar-refractivity contribution is 5.93. The van der Waals surface area contributed by atoms with Gasteiger partial charge in [-0.05, 0) is 31.9 Å². The van der Waals surface area contributed by atoms with E-state index in [1.165, 1.54) is 12.8 Å². The molecule has 0 radical (unpaired) electrons. The Labute approximate surface area is 125 Å². The summed E-state index contributed by atoms with van der Waals surface area (Å²) in [5, 5.41) is 9.27. The third-order valence-corrected chi connectivity index (χ3v) is 4.69. The van der Waals surface area contributed by atoms with Gasteiger partial charge in [-0.2, -0.15) is 0 Å². The van der Waals surface area contributed by atoms with Crippen LogP contribution in [0.3, 0.4) is 0 Å².